The standard InChI is InChI=1S/C32H47N7O2/c1-5-6-16-38(4)19-13-30(40)34-24-9-11-26-28(22-24)36-29-23-25(35-31(41)14-20-39-17-7-8-18-39)10-12-27(29)32(26)33-15-21-37(2)3/h9-12,22-23H,5-8,13-21H2,1-4H3,(H,33,36)(H,34,40)(H,35,41). The zero-order valence-corrected chi connectivity index (χ0v) is 25.3. The largest absolute Gasteiger partial charge is 0.383 e. The smallest absolute Gasteiger partial charge is 0.225 e. The Hall–Kier alpha value is -3.27. The molecule has 0 radical (unpaired) electrons. The average molecular weight is 562 g/mol. The van der Waals surface area contributed by atoms with Crippen LogP contribution >= 0.6 is 0 Å². The van der Waals surface area contributed by atoms with E-state index in [1.54, 1.807) is 0 Å². The van der Waals surface area contributed by atoms with Gasteiger partial charge in [-0.2, -0.15) is 0 Å². The van der Waals surface area contributed by atoms with E-state index in [1.165, 1.54) is 12.8 Å². The lowest BCUT2D eigenvalue weighted by Gasteiger charge is -2.17. The zero-order valence-electron chi connectivity index (χ0n) is 25.3. The van der Waals surface area contributed by atoms with E-state index in [0.29, 0.717) is 12.8 Å². The summed E-state index contributed by atoms with van der Waals surface area (Å²) in [4.78, 5) is 37.0. The third kappa shape index (κ3) is 9.11. The SMILES string of the molecule is CCCCN(C)CCC(=O)Nc1ccc2c(NCCN(C)C)c3ccc(NC(=O)CCN4CCCC4)cc3nc2c1. The van der Waals surface area contributed by atoms with Crippen LogP contribution in [0.1, 0.15) is 45.4 Å². The molecule has 0 unspecified atom stereocenters. The van der Waals surface area contributed by atoms with Gasteiger partial charge in [0.15, 0.2) is 0 Å². The van der Waals surface area contributed by atoms with Crippen LogP contribution in [-0.2, 0) is 9.59 Å². The first-order valence-corrected chi connectivity index (χ1v) is 15.1. The Labute approximate surface area is 244 Å². The van der Waals surface area contributed by atoms with Crippen LogP contribution in [0, 0.1) is 0 Å². The predicted octanol–water partition coefficient (Wildman–Crippen LogP) is 4.85. The summed E-state index contributed by atoms with van der Waals surface area (Å²) in [7, 11) is 6.17. The van der Waals surface area contributed by atoms with Gasteiger partial charge >= 0.3 is 0 Å². The van der Waals surface area contributed by atoms with E-state index in [9.17, 15) is 9.59 Å². The summed E-state index contributed by atoms with van der Waals surface area (Å²) in [6.07, 6.45) is 5.65. The summed E-state index contributed by atoms with van der Waals surface area (Å²) in [5.41, 5.74) is 4.07. The first kappa shape index (κ1) is 30.7. The number of unbranched alkanes of at least 4 members (excludes halogenated alkanes) is 1. The fourth-order valence-electron chi connectivity index (χ4n) is 5.24. The molecule has 0 saturated carbocycles. The van der Waals surface area contributed by atoms with Crippen LogP contribution in [0.25, 0.3) is 21.8 Å². The number of carbonyl (C=O) groups is 2. The summed E-state index contributed by atoms with van der Waals surface area (Å²) in [6, 6.07) is 11.8. The number of carbonyl (C=O) groups excluding carboxylic acids is 2. The molecular formula is C32H47N7O2. The van der Waals surface area contributed by atoms with Gasteiger partial charge in [0.2, 0.25) is 11.8 Å². The third-order valence-electron chi connectivity index (χ3n) is 7.67. The highest BCUT2D eigenvalue weighted by molar-refractivity contribution is 6.09. The fraction of sp³-hybridized carbons (Fsp3) is 0.531. The van der Waals surface area contributed by atoms with Crippen molar-refractivity contribution >= 4 is 50.7 Å². The summed E-state index contributed by atoms with van der Waals surface area (Å²) in [5, 5.41) is 11.7. The van der Waals surface area contributed by atoms with Gasteiger partial charge in [-0.3, -0.25) is 9.59 Å². The van der Waals surface area contributed by atoms with Gasteiger partial charge in [0.1, 0.15) is 0 Å². The van der Waals surface area contributed by atoms with Crippen molar-refractivity contribution in [2.24, 2.45) is 0 Å². The van der Waals surface area contributed by atoms with Crippen molar-refractivity contribution in [3.8, 4) is 0 Å². The molecule has 1 aliphatic heterocycles. The molecule has 0 spiro atoms. The Balaban J connectivity index is 1.53. The number of benzene rings is 2. The van der Waals surface area contributed by atoms with Crippen LogP contribution in [0.5, 0.6) is 0 Å². The molecule has 0 bridgehead atoms. The number of likely N-dealkylation sites (tertiary alicyclic amines) is 1. The second-order valence-electron chi connectivity index (χ2n) is 11.5. The van der Waals surface area contributed by atoms with E-state index in [0.717, 1.165) is 97.5 Å². The van der Waals surface area contributed by atoms with Crippen molar-refractivity contribution in [3.05, 3.63) is 36.4 Å². The molecule has 4 rings (SSSR count). The molecule has 1 aromatic heterocycles. The summed E-state index contributed by atoms with van der Waals surface area (Å²) >= 11 is 0. The van der Waals surface area contributed by atoms with E-state index in [-0.39, 0.29) is 11.8 Å². The zero-order chi connectivity index (χ0) is 29.2. The fourth-order valence-corrected chi connectivity index (χ4v) is 5.24. The predicted molar refractivity (Wildman–Crippen MR) is 171 cm³/mol. The van der Waals surface area contributed by atoms with Crippen LogP contribution in [0.4, 0.5) is 17.1 Å². The maximum atomic E-state index is 12.7. The van der Waals surface area contributed by atoms with E-state index in [2.05, 4.69) is 58.7 Å². The first-order valence-electron chi connectivity index (χ1n) is 15.1. The molecule has 0 aliphatic carbocycles. The summed E-state index contributed by atoms with van der Waals surface area (Å²) in [6.45, 7) is 8.54. The van der Waals surface area contributed by atoms with E-state index < -0.39 is 0 Å². The Morgan fingerprint density at radius 1 is 0.854 bits per heavy atom. The van der Waals surface area contributed by atoms with Crippen molar-refractivity contribution in [2.45, 2.75) is 45.4 Å². The minimum atomic E-state index is -0.00301. The number of hydrogen-bond donors (Lipinski definition) is 3. The minimum absolute atomic E-state index is 0.00301. The summed E-state index contributed by atoms with van der Waals surface area (Å²) in [5.74, 6) is 0.0171. The number of anilines is 3. The van der Waals surface area contributed by atoms with Gasteiger partial charge < -0.3 is 30.7 Å². The number of nitrogens with zero attached hydrogens (tertiary/aromatic N) is 4. The molecule has 3 aromatic rings. The molecule has 2 amide bonds. The molecule has 9 heteroatoms. The van der Waals surface area contributed by atoms with Crippen molar-refractivity contribution in [2.75, 3.05) is 82.9 Å². The quantitative estimate of drug-likeness (QED) is 0.229. The Bertz CT molecular complexity index is 1320. The molecule has 9 nitrogen and oxygen atoms in total. The highest BCUT2D eigenvalue weighted by atomic mass is 16.2. The van der Waals surface area contributed by atoms with Crippen LogP contribution in [0.2, 0.25) is 0 Å². The van der Waals surface area contributed by atoms with Gasteiger partial charge in [-0.25, -0.2) is 4.98 Å². The molecular weight excluding hydrogens is 514 g/mol. The van der Waals surface area contributed by atoms with Gasteiger partial charge in [-0.15, -0.1) is 0 Å². The summed E-state index contributed by atoms with van der Waals surface area (Å²) < 4.78 is 0. The van der Waals surface area contributed by atoms with Gasteiger partial charge in [-0.05, 0) is 96.4 Å². The Kier molecular flexibility index (Phi) is 11.3. The van der Waals surface area contributed by atoms with Crippen molar-refractivity contribution in [1.82, 2.24) is 19.7 Å². The number of rotatable bonds is 15. The third-order valence-corrected chi connectivity index (χ3v) is 7.67. The maximum absolute atomic E-state index is 12.7. The first-order chi connectivity index (χ1) is 19.8. The van der Waals surface area contributed by atoms with Crippen LogP contribution in [0.3, 0.4) is 0 Å². The molecule has 222 valence electrons. The molecule has 1 fully saturated rings. The van der Waals surface area contributed by atoms with Crippen molar-refractivity contribution in [3.63, 3.8) is 0 Å². The van der Waals surface area contributed by atoms with Crippen LogP contribution < -0.4 is 16.0 Å². The van der Waals surface area contributed by atoms with Crippen LogP contribution in [0.15, 0.2) is 36.4 Å². The highest BCUT2D eigenvalue weighted by Crippen LogP contribution is 2.33. The number of nitrogens with one attached hydrogen (secondary N) is 3. The van der Waals surface area contributed by atoms with Gasteiger partial charge in [-0.1, -0.05) is 13.3 Å². The lowest BCUT2D eigenvalue weighted by atomic mass is 10.1. The molecule has 3 N–H and O–H groups in total. The lowest BCUT2D eigenvalue weighted by molar-refractivity contribution is -0.117. The second-order valence-corrected chi connectivity index (χ2v) is 11.5. The Morgan fingerprint density at radius 3 is 2.05 bits per heavy atom. The van der Waals surface area contributed by atoms with Crippen molar-refractivity contribution < 1.29 is 9.59 Å². The number of aromatic nitrogens is 1. The molecule has 1 saturated heterocycles. The molecule has 0 atom stereocenters. The number of likely N-dealkylation sites (N-methyl/N-ethyl adjacent to an activating group) is 1. The Morgan fingerprint density at radius 2 is 1.46 bits per heavy atom. The molecule has 2 aromatic carbocycles. The van der Waals surface area contributed by atoms with Crippen LogP contribution in [-0.4, -0.2) is 98.5 Å². The van der Waals surface area contributed by atoms with Gasteiger partial charge in [0.25, 0.3) is 0 Å². The monoisotopic (exact) mass is 561 g/mol. The number of fused-ring (bicyclic) bond motifs is 2. The maximum Gasteiger partial charge on any atom is 0.225 e. The molecule has 41 heavy (non-hydrogen) atoms. The van der Waals surface area contributed by atoms with E-state index >= 15 is 0 Å². The molecule has 1 aliphatic rings. The lowest BCUT2D eigenvalue weighted by Crippen LogP contribution is -2.25. The number of pyridine rings is 1. The molecule has 2 heterocycles. The van der Waals surface area contributed by atoms with E-state index in [1.807, 2.05) is 36.4 Å². The number of hydrogen-bond acceptors (Lipinski definition) is 7. The van der Waals surface area contributed by atoms with Gasteiger partial charge in [0.05, 0.1) is 16.7 Å². The van der Waals surface area contributed by atoms with Gasteiger partial charge in [0, 0.05) is 61.2 Å². The van der Waals surface area contributed by atoms with E-state index in [4.69, 9.17) is 4.98 Å². The second kappa shape index (κ2) is 15.1. The highest BCUT2D eigenvalue weighted by Gasteiger charge is 2.15. The minimum Gasteiger partial charge on any atom is -0.383 e. The topological polar surface area (TPSA) is 92.8 Å². The normalized spacial score (nSPS) is 13.9. The average Bonchev–Trinajstić information content (AvgIpc) is 3.47. The number of amides is 2. The van der Waals surface area contributed by atoms with Crippen molar-refractivity contribution in [1.29, 1.82) is 0 Å².